The molecule has 1 saturated heterocycles. The van der Waals surface area contributed by atoms with Crippen molar-refractivity contribution in [3.05, 3.63) is 94.5 Å². The molecule has 3 aromatic carbocycles. The van der Waals surface area contributed by atoms with Crippen LogP contribution in [0, 0.1) is 25.7 Å². The van der Waals surface area contributed by atoms with Crippen molar-refractivity contribution in [2.24, 2.45) is 11.8 Å². The Morgan fingerprint density at radius 2 is 1.60 bits per heavy atom. The number of ketones is 1. The van der Waals surface area contributed by atoms with Crippen LogP contribution in [-0.4, -0.2) is 48.2 Å². The second kappa shape index (κ2) is 13.0. The van der Waals surface area contributed by atoms with Crippen LogP contribution in [0.4, 0.5) is 0 Å². The Kier molecular flexibility index (Phi) is 9.75. The second-order valence-electron chi connectivity index (χ2n) is 11.2. The number of ether oxygens (including phenoxy) is 2. The molecule has 1 aliphatic heterocycles. The molecule has 1 heterocycles. The van der Waals surface area contributed by atoms with Gasteiger partial charge < -0.3 is 9.47 Å². The summed E-state index contributed by atoms with van der Waals surface area (Å²) in [4.78, 5) is 29.8. The van der Waals surface area contributed by atoms with Gasteiger partial charge in [-0.05, 0) is 87.6 Å². The molecule has 2 atom stereocenters. The number of esters is 1. The van der Waals surface area contributed by atoms with E-state index in [0.717, 1.165) is 47.6 Å². The third kappa shape index (κ3) is 7.15. The zero-order valence-electron chi connectivity index (χ0n) is 24.5. The molecule has 0 bridgehead atoms. The lowest BCUT2D eigenvalue weighted by atomic mass is 9.84. The highest BCUT2D eigenvalue weighted by atomic mass is 32.2. The minimum absolute atomic E-state index is 0.0804. The molecule has 3 aromatic rings. The normalized spacial score (nSPS) is 17.6. The zero-order chi connectivity index (χ0) is 28.9. The number of carbonyl (C=O) groups is 2. The number of benzene rings is 3. The number of thioether (sulfide) groups is 1. The number of aryl methyl sites for hydroxylation is 2. The van der Waals surface area contributed by atoms with Gasteiger partial charge in [0, 0.05) is 36.0 Å². The molecule has 4 rings (SSSR count). The van der Waals surface area contributed by atoms with Crippen LogP contribution in [0.25, 0.3) is 0 Å². The summed E-state index contributed by atoms with van der Waals surface area (Å²) in [5.74, 6) is 0.661. The van der Waals surface area contributed by atoms with Crippen molar-refractivity contribution in [3.8, 4) is 5.75 Å². The highest BCUT2D eigenvalue weighted by Gasteiger charge is 2.38. The lowest BCUT2D eigenvalue weighted by Crippen LogP contribution is -2.40. The number of nitrogens with zero attached hydrogens (tertiary/aromatic N) is 1. The summed E-state index contributed by atoms with van der Waals surface area (Å²) in [5.41, 5.74) is 4.09. The third-order valence-electron chi connectivity index (χ3n) is 7.62. The molecule has 0 saturated carbocycles. The van der Waals surface area contributed by atoms with Crippen LogP contribution >= 0.6 is 11.8 Å². The molecular formula is C34H41NO4S. The minimum atomic E-state index is -1.08. The molecule has 6 heteroatoms. The predicted octanol–water partition coefficient (Wildman–Crippen LogP) is 6.92. The Morgan fingerprint density at radius 3 is 2.20 bits per heavy atom. The number of likely N-dealkylation sites (tertiary alicyclic amines) is 1. The van der Waals surface area contributed by atoms with Crippen LogP contribution in [0.15, 0.2) is 71.6 Å². The molecule has 0 aromatic heterocycles. The van der Waals surface area contributed by atoms with Gasteiger partial charge in [-0.1, -0.05) is 54.6 Å². The Morgan fingerprint density at radius 1 is 0.950 bits per heavy atom. The number of rotatable bonds is 11. The third-order valence-corrected chi connectivity index (χ3v) is 8.36. The first-order valence-corrected chi connectivity index (χ1v) is 15.2. The maximum atomic E-state index is 13.8. The van der Waals surface area contributed by atoms with Crippen LogP contribution in [0.2, 0.25) is 0 Å². The van der Waals surface area contributed by atoms with Gasteiger partial charge in [0.1, 0.15) is 5.75 Å². The number of Topliss-reactive ketones (excluding diaryl/α,β-unsaturated/α-hetero) is 1. The van der Waals surface area contributed by atoms with Crippen molar-refractivity contribution >= 4 is 23.5 Å². The fourth-order valence-electron chi connectivity index (χ4n) is 5.63. The molecule has 0 N–H and O–H groups in total. The quantitative estimate of drug-likeness (QED) is 0.144. The monoisotopic (exact) mass is 559 g/mol. The summed E-state index contributed by atoms with van der Waals surface area (Å²) >= 11 is 1.68. The summed E-state index contributed by atoms with van der Waals surface area (Å²) < 4.78 is 11.4. The average molecular weight is 560 g/mol. The van der Waals surface area contributed by atoms with Gasteiger partial charge in [-0.25, -0.2) is 4.79 Å². The second-order valence-corrected chi connectivity index (χ2v) is 12.1. The largest absolute Gasteiger partial charge is 0.476 e. The van der Waals surface area contributed by atoms with Crippen molar-refractivity contribution in [1.29, 1.82) is 0 Å². The Bertz CT molecular complexity index is 1300. The van der Waals surface area contributed by atoms with Gasteiger partial charge in [0.25, 0.3) is 0 Å². The molecule has 0 radical (unpaired) electrons. The first kappa shape index (κ1) is 29.9. The summed E-state index contributed by atoms with van der Waals surface area (Å²) in [6.07, 6.45) is 2.84. The van der Waals surface area contributed by atoms with Crippen LogP contribution in [0.1, 0.15) is 53.4 Å². The standard InChI is InChI=1S/C34H41NO4S/c1-7-38-33(37)34(4,5)39-32-23(2)17-26(18-24(32)3)19-28-21-35(20-25-11-9-8-10-12-25)22-30(28)31(36)27-13-15-29(40-6)16-14-27/h8-18,28,30H,7,19-22H2,1-6H3/t28-,30-/m1/s1. The van der Waals surface area contributed by atoms with Gasteiger partial charge in [-0.2, -0.15) is 0 Å². The van der Waals surface area contributed by atoms with Crippen molar-refractivity contribution in [2.45, 2.75) is 58.1 Å². The molecule has 1 fully saturated rings. The van der Waals surface area contributed by atoms with E-state index in [4.69, 9.17) is 9.47 Å². The van der Waals surface area contributed by atoms with E-state index in [1.165, 1.54) is 11.1 Å². The fourth-order valence-corrected chi connectivity index (χ4v) is 6.04. The summed E-state index contributed by atoms with van der Waals surface area (Å²) in [6.45, 7) is 12.0. The van der Waals surface area contributed by atoms with Crippen LogP contribution in [0.3, 0.4) is 0 Å². The van der Waals surface area contributed by atoms with E-state index in [0.29, 0.717) is 12.4 Å². The highest BCUT2D eigenvalue weighted by Crippen LogP contribution is 2.34. The van der Waals surface area contributed by atoms with E-state index in [-0.39, 0.29) is 23.6 Å². The molecule has 0 amide bonds. The van der Waals surface area contributed by atoms with Crippen molar-refractivity contribution in [2.75, 3.05) is 26.0 Å². The van der Waals surface area contributed by atoms with Gasteiger partial charge in [0.15, 0.2) is 11.4 Å². The first-order chi connectivity index (χ1) is 19.1. The zero-order valence-corrected chi connectivity index (χ0v) is 25.3. The fraction of sp³-hybridized carbons (Fsp3) is 0.412. The maximum absolute atomic E-state index is 13.8. The molecule has 5 nitrogen and oxygen atoms in total. The molecule has 40 heavy (non-hydrogen) atoms. The summed E-state index contributed by atoms with van der Waals surface area (Å²) in [6, 6.07) is 22.7. The number of carbonyl (C=O) groups excluding carboxylic acids is 2. The van der Waals surface area contributed by atoms with Crippen LogP contribution in [-0.2, 0) is 22.5 Å². The van der Waals surface area contributed by atoms with E-state index >= 15 is 0 Å². The molecule has 0 aliphatic carbocycles. The molecular weight excluding hydrogens is 518 g/mol. The Labute approximate surface area is 243 Å². The molecule has 212 valence electrons. The van der Waals surface area contributed by atoms with Gasteiger partial charge in [0.2, 0.25) is 0 Å². The van der Waals surface area contributed by atoms with E-state index in [1.807, 2.05) is 50.4 Å². The molecule has 1 aliphatic rings. The average Bonchev–Trinajstić information content (AvgIpc) is 3.32. The Hall–Kier alpha value is -3.09. The van der Waals surface area contributed by atoms with Crippen molar-refractivity contribution < 1.29 is 19.1 Å². The van der Waals surface area contributed by atoms with E-state index in [2.05, 4.69) is 41.3 Å². The lowest BCUT2D eigenvalue weighted by molar-refractivity contribution is -0.158. The Balaban J connectivity index is 1.56. The van der Waals surface area contributed by atoms with Crippen LogP contribution in [0.5, 0.6) is 5.75 Å². The van der Waals surface area contributed by atoms with Gasteiger partial charge in [0.05, 0.1) is 6.61 Å². The number of hydrogen-bond donors (Lipinski definition) is 0. The minimum Gasteiger partial charge on any atom is -0.476 e. The van der Waals surface area contributed by atoms with Gasteiger partial charge in [-0.15, -0.1) is 11.8 Å². The van der Waals surface area contributed by atoms with Crippen LogP contribution < -0.4 is 4.74 Å². The van der Waals surface area contributed by atoms with Gasteiger partial charge in [-0.3, -0.25) is 9.69 Å². The summed E-state index contributed by atoms with van der Waals surface area (Å²) in [7, 11) is 0. The van der Waals surface area contributed by atoms with Crippen molar-refractivity contribution in [3.63, 3.8) is 0 Å². The first-order valence-electron chi connectivity index (χ1n) is 14.0. The number of hydrogen-bond acceptors (Lipinski definition) is 6. The molecule has 0 spiro atoms. The van der Waals surface area contributed by atoms with Crippen molar-refractivity contribution in [1.82, 2.24) is 4.90 Å². The summed E-state index contributed by atoms with van der Waals surface area (Å²) in [5, 5.41) is 0. The van der Waals surface area contributed by atoms with E-state index < -0.39 is 5.60 Å². The SMILES string of the molecule is CCOC(=O)C(C)(C)Oc1c(C)cc(C[C@@H]2CN(Cc3ccccc3)C[C@H]2C(=O)c2ccc(SC)cc2)cc1C. The van der Waals surface area contributed by atoms with E-state index in [9.17, 15) is 9.59 Å². The topological polar surface area (TPSA) is 55.8 Å². The lowest BCUT2D eigenvalue weighted by Gasteiger charge is -2.27. The highest BCUT2D eigenvalue weighted by molar-refractivity contribution is 7.98. The smallest absolute Gasteiger partial charge is 0.349 e. The molecule has 0 unspecified atom stereocenters. The van der Waals surface area contributed by atoms with E-state index in [1.54, 1.807) is 32.5 Å². The predicted molar refractivity (Wildman–Crippen MR) is 162 cm³/mol. The van der Waals surface area contributed by atoms with Gasteiger partial charge >= 0.3 is 5.97 Å². The maximum Gasteiger partial charge on any atom is 0.349 e.